The summed E-state index contributed by atoms with van der Waals surface area (Å²) in [6.45, 7) is 5.37. The zero-order valence-electron chi connectivity index (χ0n) is 11.4. The van der Waals surface area contributed by atoms with E-state index in [-0.39, 0.29) is 16.6 Å². The topological polar surface area (TPSA) is 76.3 Å². The summed E-state index contributed by atoms with van der Waals surface area (Å²) < 4.78 is 0. The highest BCUT2D eigenvalue weighted by Crippen LogP contribution is 2.29. The molecule has 0 N–H and O–H groups in total. The molecule has 2 heterocycles. The van der Waals surface area contributed by atoms with Gasteiger partial charge in [0.2, 0.25) is 5.15 Å². The van der Waals surface area contributed by atoms with E-state index >= 15 is 0 Å². The summed E-state index contributed by atoms with van der Waals surface area (Å²) in [5.41, 5.74) is -0.402. The maximum Gasteiger partial charge on any atom is 0.319 e. The Morgan fingerprint density at radius 2 is 2.05 bits per heavy atom. The molecule has 0 aliphatic carbocycles. The van der Waals surface area contributed by atoms with Crippen molar-refractivity contribution < 1.29 is 9.72 Å². The van der Waals surface area contributed by atoms with Crippen molar-refractivity contribution in [2.75, 3.05) is 13.1 Å². The lowest BCUT2D eigenvalue weighted by Gasteiger charge is -2.34. The molecule has 7 heteroatoms. The maximum absolute atomic E-state index is 12.5. The molecule has 1 aliphatic heterocycles. The van der Waals surface area contributed by atoms with Crippen molar-refractivity contribution >= 4 is 23.2 Å². The predicted molar refractivity (Wildman–Crippen MR) is 74.7 cm³/mol. The number of pyridine rings is 1. The fraction of sp³-hybridized carbons (Fsp3) is 0.538. The first-order valence-corrected chi connectivity index (χ1v) is 6.86. The molecule has 2 atom stereocenters. The summed E-state index contributed by atoms with van der Waals surface area (Å²) in [5, 5.41) is 10.8. The number of hydrogen-bond donors (Lipinski definition) is 0. The first-order valence-electron chi connectivity index (χ1n) is 6.48. The molecular weight excluding hydrogens is 282 g/mol. The predicted octanol–water partition coefficient (Wildman–Crippen LogP) is 2.76. The molecule has 0 spiro atoms. The van der Waals surface area contributed by atoms with Crippen molar-refractivity contribution in [1.29, 1.82) is 0 Å². The average molecular weight is 298 g/mol. The van der Waals surface area contributed by atoms with Gasteiger partial charge in [-0.15, -0.1) is 0 Å². The van der Waals surface area contributed by atoms with Crippen LogP contribution in [0.4, 0.5) is 5.69 Å². The molecule has 1 fully saturated rings. The van der Waals surface area contributed by atoms with Crippen molar-refractivity contribution in [3.63, 3.8) is 0 Å². The van der Waals surface area contributed by atoms with E-state index in [0.717, 1.165) is 6.42 Å². The average Bonchev–Trinajstić information content (AvgIpc) is 2.35. The largest absolute Gasteiger partial charge is 0.338 e. The van der Waals surface area contributed by atoms with Crippen LogP contribution in [0.3, 0.4) is 0 Å². The molecule has 20 heavy (non-hydrogen) atoms. The third-order valence-electron chi connectivity index (χ3n) is 3.45. The summed E-state index contributed by atoms with van der Waals surface area (Å²) in [5.74, 6) is 0.428. The number of likely N-dealkylation sites (tertiary alicyclic amines) is 1. The van der Waals surface area contributed by atoms with Crippen LogP contribution in [-0.4, -0.2) is 33.8 Å². The SMILES string of the molecule is CC1CC(C)CN(C(=O)c2ccnc(Cl)c2[N+](=O)[O-])C1. The first kappa shape index (κ1) is 14.7. The van der Waals surface area contributed by atoms with E-state index in [1.807, 2.05) is 0 Å². The Morgan fingerprint density at radius 3 is 2.60 bits per heavy atom. The molecule has 0 radical (unpaired) electrons. The molecule has 2 unspecified atom stereocenters. The molecule has 0 bridgehead atoms. The van der Waals surface area contributed by atoms with Crippen LogP contribution >= 0.6 is 11.6 Å². The third kappa shape index (κ3) is 2.90. The lowest BCUT2D eigenvalue weighted by atomic mass is 9.91. The van der Waals surface area contributed by atoms with Crippen LogP contribution in [0.1, 0.15) is 30.6 Å². The second-order valence-electron chi connectivity index (χ2n) is 5.41. The van der Waals surface area contributed by atoms with Gasteiger partial charge in [0.15, 0.2) is 0 Å². The first-order chi connectivity index (χ1) is 9.40. The van der Waals surface area contributed by atoms with E-state index in [2.05, 4.69) is 18.8 Å². The minimum atomic E-state index is -0.653. The van der Waals surface area contributed by atoms with Gasteiger partial charge in [0.05, 0.1) is 4.92 Å². The number of carbonyl (C=O) groups is 1. The molecule has 1 saturated heterocycles. The second kappa shape index (κ2) is 5.75. The minimum absolute atomic E-state index is 0.0105. The Balaban J connectivity index is 2.34. The van der Waals surface area contributed by atoms with Crippen molar-refractivity contribution in [2.45, 2.75) is 20.3 Å². The molecule has 1 aromatic rings. The summed E-state index contributed by atoms with van der Waals surface area (Å²) in [4.78, 5) is 28.3. The Morgan fingerprint density at radius 1 is 1.45 bits per heavy atom. The molecular formula is C13H16ClN3O3. The zero-order chi connectivity index (χ0) is 14.9. The summed E-state index contributed by atoms with van der Waals surface area (Å²) in [6.07, 6.45) is 2.38. The normalized spacial score (nSPS) is 22.6. The van der Waals surface area contributed by atoms with Crippen LogP contribution in [0.5, 0.6) is 0 Å². The zero-order valence-corrected chi connectivity index (χ0v) is 12.1. The van der Waals surface area contributed by atoms with Gasteiger partial charge < -0.3 is 4.90 Å². The van der Waals surface area contributed by atoms with Gasteiger partial charge in [-0.1, -0.05) is 25.4 Å². The number of amides is 1. The number of hydrogen-bond acceptors (Lipinski definition) is 4. The van der Waals surface area contributed by atoms with Gasteiger partial charge in [-0.05, 0) is 24.3 Å². The molecule has 2 rings (SSSR count). The lowest BCUT2D eigenvalue weighted by molar-refractivity contribution is -0.385. The molecule has 1 amide bonds. The van der Waals surface area contributed by atoms with Crippen molar-refractivity contribution in [3.8, 4) is 0 Å². The van der Waals surface area contributed by atoms with Gasteiger partial charge in [-0.25, -0.2) is 4.98 Å². The summed E-state index contributed by atoms with van der Waals surface area (Å²) in [7, 11) is 0. The standard InChI is InChI=1S/C13H16ClN3O3/c1-8-5-9(2)7-16(6-8)13(18)10-3-4-15-12(14)11(10)17(19)20/h3-4,8-9H,5-7H2,1-2H3. The van der Waals surface area contributed by atoms with Gasteiger partial charge >= 0.3 is 5.69 Å². The highest BCUT2D eigenvalue weighted by Gasteiger charge is 2.31. The maximum atomic E-state index is 12.5. The van der Waals surface area contributed by atoms with Gasteiger partial charge in [0.1, 0.15) is 5.56 Å². The molecule has 1 aromatic heterocycles. The Bertz CT molecular complexity index is 540. The Labute approximate surface area is 121 Å². The summed E-state index contributed by atoms with van der Waals surface area (Å²) >= 11 is 5.74. The van der Waals surface area contributed by atoms with E-state index < -0.39 is 10.6 Å². The van der Waals surface area contributed by atoms with Crippen molar-refractivity contribution in [1.82, 2.24) is 9.88 Å². The number of rotatable bonds is 2. The van der Waals surface area contributed by atoms with Crippen LogP contribution in [0.25, 0.3) is 0 Å². The van der Waals surface area contributed by atoms with Crippen LogP contribution in [-0.2, 0) is 0 Å². The molecule has 0 aromatic carbocycles. The van der Waals surface area contributed by atoms with E-state index in [0.29, 0.717) is 24.9 Å². The highest BCUT2D eigenvalue weighted by molar-refractivity contribution is 6.32. The fourth-order valence-corrected chi connectivity index (χ4v) is 3.00. The van der Waals surface area contributed by atoms with E-state index in [4.69, 9.17) is 11.6 Å². The number of nitro groups is 1. The monoisotopic (exact) mass is 297 g/mol. The number of piperidine rings is 1. The van der Waals surface area contributed by atoms with Crippen LogP contribution in [0.2, 0.25) is 5.15 Å². The minimum Gasteiger partial charge on any atom is -0.338 e. The van der Waals surface area contributed by atoms with Gasteiger partial charge in [-0.3, -0.25) is 14.9 Å². The molecule has 1 aliphatic rings. The quantitative estimate of drug-likeness (QED) is 0.478. The van der Waals surface area contributed by atoms with E-state index in [1.54, 1.807) is 4.90 Å². The lowest BCUT2D eigenvalue weighted by Crippen LogP contribution is -2.42. The third-order valence-corrected chi connectivity index (χ3v) is 3.73. The van der Waals surface area contributed by atoms with Gasteiger partial charge in [0.25, 0.3) is 5.91 Å². The Kier molecular flexibility index (Phi) is 4.23. The number of nitrogens with zero attached hydrogens (tertiary/aromatic N) is 3. The van der Waals surface area contributed by atoms with Crippen LogP contribution in [0.15, 0.2) is 12.3 Å². The number of halogens is 1. The van der Waals surface area contributed by atoms with Crippen molar-refractivity contribution in [3.05, 3.63) is 33.1 Å². The Hall–Kier alpha value is -1.69. The second-order valence-corrected chi connectivity index (χ2v) is 5.77. The smallest absolute Gasteiger partial charge is 0.319 e. The summed E-state index contributed by atoms with van der Waals surface area (Å²) in [6, 6.07) is 1.36. The van der Waals surface area contributed by atoms with Gasteiger partial charge in [0, 0.05) is 19.3 Å². The number of aromatic nitrogens is 1. The van der Waals surface area contributed by atoms with E-state index in [9.17, 15) is 14.9 Å². The molecule has 6 nitrogen and oxygen atoms in total. The van der Waals surface area contributed by atoms with Crippen LogP contribution in [0, 0.1) is 22.0 Å². The van der Waals surface area contributed by atoms with E-state index in [1.165, 1.54) is 12.3 Å². The number of carbonyl (C=O) groups excluding carboxylic acids is 1. The molecule has 108 valence electrons. The molecule has 0 saturated carbocycles. The van der Waals surface area contributed by atoms with Gasteiger partial charge in [-0.2, -0.15) is 0 Å². The fourth-order valence-electron chi connectivity index (χ4n) is 2.77. The highest BCUT2D eigenvalue weighted by atomic mass is 35.5. The van der Waals surface area contributed by atoms with Crippen LogP contribution < -0.4 is 0 Å². The van der Waals surface area contributed by atoms with Crippen molar-refractivity contribution in [2.24, 2.45) is 11.8 Å².